The Hall–Kier alpha value is -1.46. The topological polar surface area (TPSA) is 64.4 Å². The predicted molar refractivity (Wildman–Crippen MR) is 73.2 cm³/mol. The first-order valence-corrected chi connectivity index (χ1v) is 6.69. The number of ether oxygens (including phenoxy) is 1. The molecule has 0 spiro atoms. The lowest BCUT2D eigenvalue weighted by molar-refractivity contribution is -0.384. The SMILES string of the molecule is CNC(Cc1ccc([N+](=O)[O-])cc1)C1CCCOC1. The van der Waals surface area contributed by atoms with Crippen molar-refractivity contribution in [1.82, 2.24) is 5.32 Å². The number of hydrogen-bond acceptors (Lipinski definition) is 4. The van der Waals surface area contributed by atoms with Crippen molar-refractivity contribution >= 4 is 5.69 Å². The van der Waals surface area contributed by atoms with Crippen LogP contribution < -0.4 is 5.32 Å². The van der Waals surface area contributed by atoms with Crippen LogP contribution in [0.5, 0.6) is 0 Å². The minimum Gasteiger partial charge on any atom is -0.381 e. The number of nitrogens with one attached hydrogen (secondary N) is 1. The quantitative estimate of drug-likeness (QED) is 0.653. The Labute approximate surface area is 113 Å². The highest BCUT2D eigenvalue weighted by Gasteiger charge is 2.23. The predicted octanol–water partition coefficient (Wildman–Crippen LogP) is 2.15. The van der Waals surface area contributed by atoms with Crippen molar-refractivity contribution in [3.8, 4) is 0 Å². The van der Waals surface area contributed by atoms with Crippen LogP contribution in [0.25, 0.3) is 0 Å². The number of likely N-dealkylation sites (N-methyl/N-ethyl adjacent to an activating group) is 1. The zero-order valence-corrected chi connectivity index (χ0v) is 11.2. The second-order valence-corrected chi connectivity index (χ2v) is 5.00. The lowest BCUT2D eigenvalue weighted by atomic mass is 9.89. The van der Waals surface area contributed by atoms with Crippen molar-refractivity contribution < 1.29 is 9.66 Å². The molecule has 1 aliphatic heterocycles. The lowest BCUT2D eigenvalue weighted by Gasteiger charge is -2.30. The van der Waals surface area contributed by atoms with Crippen molar-refractivity contribution in [2.24, 2.45) is 5.92 Å². The van der Waals surface area contributed by atoms with Crippen molar-refractivity contribution in [3.05, 3.63) is 39.9 Å². The van der Waals surface area contributed by atoms with Gasteiger partial charge in [0.15, 0.2) is 0 Å². The zero-order chi connectivity index (χ0) is 13.7. The van der Waals surface area contributed by atoms with E-state index in [1.54, 1.807) is 12.1 Å². The van der Waals surface area contributed by atoms with Crippen LogP contribution in [0.2, 0.25) is 0 Å². The van der Waals surface area contributed by atoms with E-state index in [-0.39, 0.29) is 10.6 Å². The van der Waals surface area contributed by atoms with Crippen LogP contribution in [-0.4, -0.2) is 31.2 Å². The average Bonchev–Trinajstić information content (AvgIpc) is 2.46. The van der Waals surface area contributed by atoms with Gasteiger partial charge in [0.1, 0.15) is 0 Å². The van der Waals surface area contributed by atoms with Gasteiger partial charge in [0.05, 0.1) is 11.5 Å². The Balaban J connectivity index is 1.99. The first-order chi connectivity index (χ1) is 9.20. The van der Waals surface area contributed by atoms with Crippen molar-refractivity contribution in [1.29, 1.82) is 0 Å². The van der Waals surface area contributed by atoms with E-state index in [4.69, 9.17) is 4.74 Å². The molecule has 1 fully saturated rings. The van der Waals surface area contributed by atoms with Crippen molar-refractivity contribution in [3.63, 3.8) is 0 Å². The molecule has 1 aliphatic rings. The molecule has 2 atom stereocenters. The van der Waals surface area contributed by atoms with E-state index >= 15 is 0 Å². The van der Waals surface area contributed by atoms with Gasteiger partial charge in [-0.05, 0) is 37.8 Å². The minimum atomic E-state index is -0.367. The van der Waals surface area contributed by atoms with Gasteiger partial charge in [-0.3, -0.25) is 10.1 Å². The number of rotatable bonds is 5. The molecular weight excluding hydrogens is 244 g/mol. The summed E-state index contributed by atoms with van der Waals surface area (Å²) in [5.41, 5.74) is 1.27. The summed E-state index contributed by atoms with van der Waals surface area (Å²) in [7, 11) is 1.96. The average molecular weight is 264 g/mol. The Kier molecular flexibility index (Phi) is 4.87. The number of hydrogen-bond donors (Lipinski definition) is 1. The molecule has 5 heteroatoms. The Morgan fingerprint density at radius 2 is 2.21 bits per heavy atom. The van der Waals surface area contributed by atoms with Crippen molar-refractivity contribution in [2.75, 3.05) is 20.3 Å². The summed E-state index contributed by atoms with van der Waals surface area (Å²) >= 11 is 0. The summed E-state index contributed by atoms with van der Waals surface area (Å²) in [5.74, 6) is 0.522. The van der Waals surface area contributed by atoms with Gasteiger partial charge in [0.2, 0.25) is 0 Å². The van der Waals surface area contributed by atoms with Gasteiger partial charge >= 0.3 is 0 Å². The summed E-state index contributed by atoms with van der Waals surface area (Å²) in [6.45, 7) is 1.67. The second-order valence-electron chi connectivity index (χ2n) is 5.00. The van der Waals surface area contributed by atoms with Gasteiger partial charge in [-0.2, -0.15) is 0 Å². The first-order valence-electron chi connectivity index (χ1n) is 6.69. The molecule has 104 valence electrons. The Morgan fingerprint density at radius 3 is 2.74 bits per heavy atom. The zero-order valence-electron chi connectivity index (χ0n) is 11.2. The number of nitro benzene ring substituents is 1. The minimum absolute atomic E-state index is 0.144. The van der Waals surface area contributed by atoms with Gasteiger partial charge in [0.25, 0.3) is 5.69 Å². The third-order valence-electron chi connectivity index (χ3n) is 3.74. The summed E-state index contributed by atoms with van der Waals surface area (Å²) in [4.78, 5) is 10.2. The highest BCUT2D eigenvalue weighted by molar-refractivity contribution is 5.33. The molecule has 0 amide bonds. The van der Waals surface area contributed by atoms with Crippen LogP contribution in [0.3, 0.4) is 0 Å². The van der Waals surface area contributed by atoms with E-state index in [1.807, 2.05) is 19.2 Å². The molecule has 2 unspecified atom stereocenters. The third-order valence-corrected chi connectivity index (χ3v) is 3.74. The maximum Gasteiger partial charge on any atom is 0.269 e. The molecular formula is C14H20N2O3. The number of nitro groups is 1. The fourth-order valence-electron chi connectivity index (χ4n) is 2.60. The van der Waals surface area contributed by atoms with E-state index in [1.165, 1.54) is 6.42 Å². The molecule has 5 nitrogen and oxygen atoms in total. The maximum absolute atomic E-state index is 10.6. The molecule has 0 aromatic heterocycles. The summed E-state index contributed by atoms with van der Waals surface area (Å²) < 4.78 is 5.52. The molecule has 1 aromatic rings. The van der Waals surface area contributed by atoms with Crippen LogP contribution in [0.1, 0.15) is 18.4 Å². The number of nitrogens with zero attached hydrogens (tertiary/aromatic N) is 1. The van der Waals surface area contributed by atoms with Crippen LogP contribution in [0.15, 0.2) is 24.3 Å². The van der Waals surface area contributed by atoms with E-state index in [2.05, 4.69) is 5.32 Å². The molecule has 2 rings (SSSR count). The number of benzene rings is 1. The van der Waals surface area contributed by atoms with E-state index in [0.717, 1.165) is 31.6 Å². The maximum atomic E-state index is 10.6. The molecule has 19 heavy (non-hydrogen) atoms. The van der Waals surface area contributed by atoms with Gasteiger partial charge in [-0.1, -0.05) is 12.1 Å². The van der Waals surface area contributed by atoms with Crippen LogP contribution in [0, 0.1) is 16.0 Å². The number of non-ortho nitro benzene ring substituents is 1. The smallest absolute Gasteiger partial charge is 0.269 e. The summed E-state index contributed by atoms with van der Waals surface area (Å²) in [6.07, 6.45) is 3.17. The molecule has 0 bridgehead atoms. The van der Waals surface area contributed by atoms with Crippen LogP contribution in [-0.2, 0) is 11.2 Å². The largest absolute Gasteiger partial charge is 0.381 e. The molecule has 0 saturated carbocycles. The summed E-state index contributed by atoms with van der Waals surface area (Å²) in [6, 6.07) is 7.18. The van der Waals surface area contributed by atoms with E-state index in [9.17, 15) is 10.1 Å². The molecule has 1 saturated heterocycles. The monoisotopic (exact) mass is 264 g/mol. The molecule has 1 N–H and O–H groups in total. The van der Waals surface area contributed by atoms with Gasteiger partial charge in [-0.15, -0.1) is 0 Å². The molecule has 0 radical (unpaired) electrons. The second kappa shape index (κ2) is 6.63. The van der Waals surface area contributed by atoms with Crippen LogP contribution >= 0.6 is 0 Å². The molecule has 1 aromatic carbocycles. The summed E-state index contributed by atoms with van der Waals surface area (Å²) in [5, 5.41) is 14.0. The normalized spacial score (nSPS) is 21.0. The lowest BCUT2D eigenvalue weighted by Crippen LogP contribution is -2.39. The van der Waals surface area contributed by atoms with Crippen molar-refractivity contribution in [2.45, 2.75) is 25.3 Å². The fraction of sp³-hybridized carbons (Fsp3) is 0.571. The van der Waals surface area contributed by atoms with Gasteiger partial charge in [-0.25, -0.2) is 0 Å². The van der Waals surface area contributed by atoms with E-state index in [0.29, 0.717) is 12.0 Å². The van der Waals surface area contributed by atoms with Gasteiger partial charge in [0, 0.05) is 24.8 Å². The van der Waals surface area contributed by atoms with Gasteiger partial charge < -0.3 is 10.1 Å². The highest BCUT2D eigenvalue weighted by atomic mass is 16.6. The van der Waals surface area contributed by atoms with E-state index < -0.39 is 0 Å². The fourth-order valence-corrected chi connectivity index (χ4v) is 2.60. The third kappa shape index (κ3) is 3.75. The first kappa shape index (κ1) is 14.0. The van der Waals surface area contributed by atoms with Crippen LogP contribution in [0.4, 0.5) is 5.69 Å². The highest BCUT2D eigenvalue weighted by Crippen LogP contribution is 2.21. The molecule has 0 aliphatic carbocycles. The Morgan fingerprint density at radius 1 is 1.47 bits per heavy atom. The standard InChI is InChI=1S/C14H20N2O3/c1-15-14(12-3-2-8-19-10-12)9-11-4-6-13(7-5-11)16(17)18/h4-7,12,14-15H,2-3,8-10H2,1H3. The molecule has 1 heterocycles. The Bertz CT molecular complexity index is 413.